The van der Waals surface area contributed by atoms with Gasteiger partial charge in [-0.05, 0) is 72.4 Å². The first-order chi connectivity index (χ1) is 25.1. The van der Waals surface area contributed by atoms with Gasteiger partial charge in [0.15, 0.2) is 0 Å². The Labute approximate surface area is 311 Å². The summed E-state index contributed by atoms with van der Waals surface area (Å²) < 4.78 is 88.5. The van der Waals surface area contributed by atoms with Crippen LogP contribution in [0.25, 0.3) is 0 Å². The van der Waals surface area contributed by atoms with Crippen LogP contribution < -0.4 is 15.4 Å². The van der Waals surface area contributed by atoms with Crippen LogP contribution in [0.3, 0.4) is 0 Å². The van der Waals surface area contributed by atoms with E-state index in [1.54, 1.807) is 27.7 Å². The molecule has 54 heavy (non-hydrogen) atoms. The zero-order valence-corrected chi connectivity index (χ0v) is 31.5. The molecule has 1 unspecified atom stereocenters. The number of ether oxygens (including phenoxy) is 1. The second-order valence-corrected chi connectivity index (χ2v) is 17.9. The van der Waals surface area contributed by atoms with E-state index < -0.39 is 91.7 Å². The number of nitrogens with one attached hydrogen (secondary N) is 3. The second kappa shape index (κ2) is 14.0. The Balaban J connectivity index is 1.27. The molecule has 2 heterocycles. The largest absolute Gasteiger partial charge is 0.444 e. The number of fused-ring (bicyclic) bond motifs is 1. The number of sulfonamides is 1. The van der Waals surface area contributed by atoms with E-state index in [1.165, 1.54) is 4.90 Å². The fourth-order valence-electron chi connectivity index (χ4n) is 7.42. The van der Waals surface area contributed by atoms with Crippen molar-refractivity contribution in [1.82, 2.24) is 19.8 Å². The number of rotatable bonds is 10. The Morgan fingerprint density at radius 1 is 1.06 bits per heavy atom. The first-order valence-corrected chi connectivity index (χ1v) is 19.5. The summed E-state index contributed by atoms with van der Waals surface area (Å²) in [6.45, 7) is 8.94. The Morgan fingerprint density at radius 3 is 2.35 bits per heavy atom. The highest BCUT2D eigenvalue weighted by Crippen LogP contribution is 2.47. The first kappa shape index (κ1) is 39.3. The monoisotopic (exact) mass is 779 g/mol. The first-order valence-electron chi connectivity index (χ1n) is 18.0. The molecule has 6 rings (SSSR count). The van der Waals surface area contributed by atoms with E-state index in [9.17, 15) is 45.2 Å². The fourth-order valence-corrected chi connectivity index (χ4v) is 8.79. The predicted octanol–water partition coefficient (Wildman–Crippen LogP) is 4.99. The van der Waals surface area contributed by atoms with Gasteiger partial charge in [-0.3, -0.25) is 24.0 Å². The van der Waals surface area contributed by atoms with Crippen molar-refractivity contribution in [3.8, 4) is 0 Å². The van der Waals surface area contributed by atoms with Crippen molar-refractivity contribution in [3.05, 3.63) is 64.5 Å². The van der Waals surface area contributed by atoms with Crippen LogP contribution in [0.2, 0.25) is 0 Å². The molecule has 1 saturated heterocycles. The molecule has 2 aromatic carbocycles. The summed E-state index contributed by atoms with van der Waals surface area (Å²) in [7, 11) is -3.95. The average molecular weight is 780 g/mol. The minimum atomic E-state index is -4.87. The number of hydrogen-bond acceptors (Lipinski definition) is 8. The molecule has 4 aliphatic rings. The molecule has 2 aliphatic heterocycles. The molecule has 3 N–H and O–H groups in total. The molecular weight excluding hydrogens is 734 g/mol. The zero-order valence-electron chi connectivity index (χ0n) is 30.7. The summed E-state index contributed by atoms with van der Waals surface area (Å²) >= 11 is 0. The van der Waals surface area contributed by atoms with Gasteiger partial charge in [0, 0.05) is 25.2 Å². The lowest BCUT2D eigenvalue weighted by atomic mass is 9.85. The van der Waals surface area contributed by atoms with E-state index in [0.717, 1.165) is 27.7 Å². The zero-order chi connectivity index (χ0) is 39.5. The number of anilines is 1. The number of carbonyl (C=O) groups is 4. The lowest BCUT2D eigenvalue weighted by Gasteiger charge is -2.36. The number of nitrogens with zero attached hydrogens (tertiary/aromatic N) is 2. The van der Waals surface area contributed by atoms with E-state index in [1.807, 2.05) is 25.1 Å². The molecule has 2 aromatic rings. The topological polar surface area (TPSA) is 154 Å². The number of halogens is 4. The van der Waals surface area contributed by atoms with Crippen LogP contribution in [-0.2, 0) is 48.4 Å². The number of benzene rings is 2. The molecule has 294 valence electrons. The molecule has 5 atom stereocenters. The molecule has 4 amide bonds. The average Bonchev–Trinajstić information content (AvgIpc) is 3.96. The van der Waals surface area contributed by atoms with Crippen molar-refractivity contribution >= 4 is 39.5 Å². The molecule has 0 spiro atoms. The number of aryl methyl sites for hydroxylation is 1. The Hall–Kier alpha value is -4.41. The summed E-state index contributed by atoms with van der Waals surface area (Å²) in [5.41, 5.74) is -1.21. The van der Waals surface area contributed by atoms with Gasteiger partial charge in [0.2, 0.25) is 21.8 Å². The normalized spacial score (nSPS) is 24.4. The van der Waals surface area contributed by atoms with Crippen molar-refractivity contribution in [2.45, 2.75) is 115 Å². The van der Waals surface area contributed by atoms with E-state index >= 15 is 0 Å². The standard InChI is InChI=1S/C37H45F4N5O7S/c1-6-22-16-36(22,33(49)44-54(51,52)27-10-11-27)43-31(47)29-15-26(53-34(50)45-17-21-9-7-8-20(2)28(21)19-45)18-46(29)32(48)30(35(3,4)5)42-25-13-23(37(39,40)41)12-24(38)14-25/h7-9,12-14,22,26-27,29-30,42H,6,10-11,15-19H2,1-5H3,(H,43,47)(H,44,49)/t22-,26-,29+,30-,36?/m1/s1. The van der Waals surface area contributed by atoms with Gasteiger partial charge < -0.3 is 20.3 Å². The molecule has 0 aromatic heterocycles. The Morgan fingerprint density at radius 2 is 1.76 bits per heavy atom. The molecule has 12 nitrogen and oxygen atoms in total. The van der Waals surface area contributed by atoms with Crippen molar-refractivity contribution in [3.63, 3.8) is 0 Å². The molecule has 17 heteroatoms. The lowest BCUT2D eigenvalue weighted by molar-refractivity contribution is -0.141. The molecule has 0 bridgehead atoms. The molecule has 2 saturated carbocycles. The smallest absolute Gasteiger partial charge is 0.416 e. The van der Waals surface area contributed by atoms with Gasteiger partial charge in [-0.25, -0.2) is 17.6 Å². The maximum atomic E-state index is 14.5. The van der Waals surface area contributed by atoms with Crippen LogP contribution in [0.1, 0.15) is 82.1 Å². The van der Waals surface area contributed by atoms with Crippen molar-refractivity contribution in [2.75, 3.05) is 11.9 Å². The third-order valence-electron chi connectivity index (χ3n) is 10.8. The lowest BCUT2D eigenvalue weighted by Crippen LogP contribution is -2.58. The number of alkyl halides is 3. The van der Waals surface area contributed by atoms with Crippen molar-refractivity contribution in [1.29, 1.82) is 0 Å². The maximum Gasteiger partial charge on any atom is 0.416 e. The van der Waals surface area contributed by atoms with E-state index in [2.05, 4.69) is 15.4 Å². The predicted molar refractivity (Wildman–Crippen MR) is 188 cm³/mol. The summed E-state index contributed by atoms with van der Waals surface area (Å²) in [6, 6.07) is 4.92. The fraction of sp³-hybridized carbons (Fsp3) is 0.568. The molecular formula is C37H45F4N5O7S. The Kier molecular flexibility index (Phi) is 10.2. The minimum absolute atomic E-state index is 0.155. The Bertz CT molecular complexity index is 1970. The third-order valence-corrected chi connectivity index (χ3v) is 12.6. The van der Waals surface area contributed by atoms with Crippen molar-refractivity contribution < 1.29 is 49.9 Å². The number of likely N-dealkylation sites (tertiary alicyclic amines) is 1. The van der Waals surface area contributed by atoms with Gasteiger partial charge in [0.1, 0.15) is 29.5 Å². The van der Waals surface area contributed by atoms with E-state index in [0.29, 0.717) is 44.5 Å². The number of hydrogen-bond donors (Lipinski definition) is 3. The van der Waals surface area contributed by atoms with Gasteiger partial charge in [-0.1, -0.05) is 52.3 Å². The molecule has 3 fully saturated rings. The summed E-state index contributed by atoms with van der Waals surface area (Å²) in [5, 5.41) is 4.79. The summed E-state index contributed by atoms with van der Waals surface area (Å²) in [6.07, 6.45) is -5.32. The SMILES string of the molecule is CC[C@@H]1CC1(NC(=O)[C@@H]1C[C@@H](OC(=O)N2Cc3cccc(C)c3C2)CN1C(=O)[C@@H](Nc1cc(F)cc(C(F)(F)F)c1)C(C)(C)C)C(=O)NS(=O)(=O)C1CC1. The maximum absolute atomic E-state index is 14.5. The van der Waals surface area contributed by atoms with Crippen LogP contribution in [0, 0.1) is 24.1 Å². The summed E-state index contributed by atoms with van der Waals surface area (Å²) in [4.78, 5) is 58.3. The molecule has 0 radical (unpaired) electrons. The minimum Gasteiger partial charge on any atom is -0.444 e. The van der Waals surface area contributed by atoms with Crippen LogP contribution >= 0.6 is 0 Å². The van der Waals surface area contributed by atoms with Gasteiger partial charge in [-0.15, -0.1) is 0 Å². The van der Waals surface area contributed by atoms with Gasteiger partial charge in [0.05, 0.1) is 17.4 Å². The third kappa shape index (κ3) is 8.01. The second-order valence-electron chi connectivity index (χ2n) is 15.9. The highest BCUT2D eigenvalue weighted by Gasteiger charge is 2.62. The number of carbonyl (C=O) groups excluding carboxylic acids is 4. The highest BCUT2D eigenvalue weighted by atomic mass is 32.2. The van der Waals surface area contributed by atoms with Crippen LogP contribution in [0.15, 0.2) is 36.4 Å². The van der Waals surface area contributed by atoms with Gasteiger partial charge in [-0.2, -0.15) is 13.2 Å². The van der Waals surface area contributed by atoms with Crippen LogP contribution in [-0.4, -0.2) is 77.6 Å². The van der Waals surface area contributed by atoms with Gasteiger partial charge in [0.25, 0.3) is 5.91 Å². The highest BCUT2D eigenvalue weighted by molar-refractivity contribution is 7.91. The van der Waals surface area contributed by atoms with Crippen molar-refractivity contribution in [2.24, 2.45) is 11.3 Å². The van der Waals surface area contributed by atoms with E-state index in [4.69, 9.17) is 4.74 Å². The number of amides is 4. The quantitative estimate of drug-likeness (QED) is 0.285. The van der Waals surface area contributed by atoms with Gasteiger partial charge >= 0.3 is 12.3 Å². The van der Waals surface area contributed by atoms with Crippen LogP contribution in [0.4, 0.5) is 28.0 Å². The summed E-state index contributed by atoms with van der Waals surface area (Å²) in [5.74, 6) is -3.99. The van der Waals surface area contributed by atoms with E-state index in [-0.39, 0.29) is 25.1 Å². The van der Waals surface area contributed by atoms with Crippen LogP contribution in [0.5, 0.6) is 0 Å². The molecule has 2 aliphatic carbocycles.